The van der Waals surface area contributed by atoms with Crippen LogP contribution in [0.15, 0.2) is 101 Å². The summed E-state index contributed by atoms with van der Waals surface area (Å²) in [6.45, 7) is 10.8. The van der Waals surface area contributed by atoms with Crippen LogP contribution in [0.2, 0.25) is 0 Å². The molecular weight excluding hydrogens is 1050 g/mol. The van der Waals surface area contributed by atoms with E-state index < -0.39 is 69.3 Å². The molecule has 17 nitrogen and oxygen atoms in total. The lowest BCUT2D eigenvalue weighted by atomic mass is 10.1. The average molecular weight is 1110 g/mol. The van der Waals surface area contributed by atoms with Gasteiger partial charge in [0.05, 0.1) is 32.2 Å². The molecule has 0 fully saturated rings. The standard InChI is InChI=1S/C17H21NO5S2.C16H19NO5S2.C10H14BrNO4S2/c1-11(2)16(17(19)22-4)18-23-25(20)15-10-9-14(24-15)12-5-7-13(21-3)8-6-12;1-10(2)15(16(18)19)17-22-24(20)14-9-8-13(23-14)11-4-6-12(21-3)7-5-11;1-6(2)9(10(13)15-3)12-16-18(14)8-5-4-7(11)17-8/h5-11,16,18H,1-4H3;4-10,15,17H,1-3H3,(H,18,19);4-6,9,12H,1-3H3. The van der Waals surface area contributed by atoms with Gasteiger partial charge >= 0.3 is 17.9 Å². The number of aliphatic carboxylic acids is 1. The van der Waals surface area contributed by atoms with Crippen molar-refractivity contribution in [2.45, 2.75) is 72.3 Å². The predicted octanol–water partition coefficient (Wildman–Crippen LogP) is 8.49. The normalized spacial score (nSPS) is 13.8. The van der Waals surface area contributed by atoms with Gasteiger partial charge in [0.15, 0.2) is 0 Å². The van der Waals surface area contributed by atoms with Gasteiger partial charge in [0.1, 0.15) is 42.3 Å². The number of ether oxygens (including phenoxy) is 4. The highest BCUT2D eigenvalue weighted by molar-refractivity contribution is 9.11. The Labute approximate surface area is 418 Å². The number of hydroxylamine groups is 3. The Kier molecular flexibility index (Phi) is 25.2. The summed E-state index contributed by atoms with van der Waals surface area (Å²) in [5.41, 5.74) is 9.38. The molecule has 0 spiro atoms. The Hall–Kier alpha value is -3.76. The van der Waals surface area contributed by atoms with E-state index in [0.717, 1.165) is 36.2 Å². The fourth-order valence-corrected chi connectivity index (χ4v) is 11.3. The van der Waals surface area contributed by atoms with E-state index in [0.29, 0.717) is 12.6 Å². The average Bonchev–Trinajstić information content (AvgIpc) is 4.11. The molecule has 0 aliphatic rings. The summed E-state index contributed by atoms with van der Waals surface area (Å²) < 4.78 is 73.5. The number of thiophene rings is 3. The SMILES string of the molecule is COC(=O)C(NOS(=O)c1ccc(-c2ccc(OC)cc2)s1)C(C)C.COC(=O)C(NOS(=O)c1ccc(Br)s1)C(C)C.COc1ccc(-c2ccc(S(=O)ONC(C(=O)O)C(C)C)s2)cc1. The summed E-state index contributed by atoms with van der Waals surface area (Å²) >= 11 is 2.11. The second kappa shape index (κ2) is 29.3. The molecule has 0 saturated carbocycles. The summed E-state index contributed by atoms with van der Waals surface area (Å²) in [5, 5.41) is 9.07. The molecule has 368 valence electrons. The van der Waals surface area contributed by atoms with Gasteiger partial charge in [-0.25, -0.2) is 12.6 Å². The van der Waals surface area contributed by atoms with E-state index >= 15 is 0 Å². The number of rotatable bonds is 22. The molecule has 0 aliphatic heterocycles. The number of carbonyl (C=O) groups is 3. The molecule has 67 heavy (non-hydrogen) atoms. The highest BCUT2D eigenvalue weighted by atomic mass is 79.9. The van der Waals surface area contributed by atoms with Gasteiger partial charge in [0.2, 0.25) is 33.2 Å². The zero-order valence-corrected chi connectivity index (χ0v) is 44.6. The Morgan fingerprint density at radius 1 is 0.507 bits per heavy atom. The van der Waals surface area contributed by atoms with Gasteiger partial charge in [-0.05, 0) is 130 Å². The van der Waals surface area contributed by atoms with E-state index in [4.69, 9.17) is 32.2 Å². The molecular formula is C43H54BrN3O14S6. The maximum atomic E-state index is 12.3. The Morgan fingerprint density at radius 2 is 0.836 bits per heavy atom. The molecule has 0 amide bonds. The number of carboxylic acids is 1. The lowest BCUT2D eigenvalue weighted by molar-refractivity contribution is -0.147. The van der Waals surface area contributed by atoms with Gasteiger partial charge in [-0.1, -0.05) is 41.5 Å². The van der Waals surface area contributed by atoms with Crippen molar-refractivity contribution in [2.75, 3.05) is 28.4 Å². The fourth-order valence-electron chi connectivity index (χ4n) is 5.08. The molecule has 24 heteroatoms. The lowest BCUT2D eigenvalue weighted by Gasteiger charge is -2.18. The molecule has 0 aliphatic carbocycles. The van der Waals surface area contributed by atoms with E-state index in [-0.39, 0.29) is 17.8 Å². The van der Waals surface area contributed by atoms with Crippen molar-refractivity contribution in [1.29, 1.82) is 0 Å². The first-order valence-corrected chi connectivity index (χ1v) is 26.5. The Balaban J connectivity index is 0.000000270. The van der Waals surface area contributed by atoms with Gasteiger partial charge in [0, 0.05) is 9.75 Å². The molecule has 6 unspecified atom stereocenters. The minimum atomic E-state index is -1.78. The topological polar surface area (TPSA) is 223 Å². The number of benzene rings is 2. The van der Waals surface area contributed by atoms with Crippen molar-refractivity contribution < 1.29 is 63.9 Å². The third kappa shape index (κ3) is 18.6. The minimum Gasteiger partial charge on any atom is -0.497 e. The fraction of sp³-hybridized carbons (Fsp3) is 0.372. The lowest BCUT2D eigenvalue weighted by Crippen LogP contribution is -2.41. The maximum absolute atomic E-state index is 12.3. The molecule has 0 saturated heterocycles. The number of halogens is 1. The third-order valence-corrected chi connectivity index (χ3v) is 16.3. The molecule has 4 N–H and O–H groups in total. The number of methoxy groups -OCH3 is 4. The van der Waals surface area contributed by atoms with Crippen LogP contribution >= 0.6 is 49.9 Å². The summed E-state index contributed by atoms with van der Waals surface area (Å²) in [7, 11) is 5.82. The predicted molar refractivity (Wildman–Crippen MR) is 264 cm³/mol. The molecule has 0 radical (unpaired) electrons. The Bertz CT molecular complexity index is 2390. The van der Waals surface area contributed by atoms with Crippen molar-refractivity contribution in [1.82, 2.24) is 16.4 Å². The second-order valence-corrected chi connectivity index (χ2v) is 23.2. The minimum absolute atomic E-state index is 0.0375. The van der Waals surface area contributed by atoms with Crippen LogP contribution in [-0.4, -0.2) is 82.2 Å². The van der Waals surface area contributed by atoms with Crippen LogP contribution in [0.4, 0.5) is 0 Å². The van der Waals surface area contributed by atoms with Crippen molar-refractivity contribution in [3.8, 4) is 32.4 Å². The first kappa shape index (κ1) is 57.6. The molecule has 6 atom stereocenters. The molecule has 5 rings (SSSR count). The van der Waals surface area contributed by atoms with Crippen LogP contribution < -0.4 is 25.9 Å². The zero-order chi connectivity index (χ0) is 49.8. The number of carbonyl (C=O) groups excluding carboxylic acids is 2. The number of hydrogen-bond donors (Lipinski definition) is 4. The summed E-state index contributed by atoms with van der Waals surface area (Å²) in [5.74, 6) is -0.720. The Morgan fingerprint density at radius 3 is 1.12 bits per heavy atom. The van der Waals surface area contributed by atoms with Crippen LogP contribution in [0.25, 0.3) is 20.9 Å². The highest BCUT2D eigenvalue weighted by Crippen LogP contribution is 2.33. The van der Waals surface area contributed by atoms with Gasteiger partial charge in [-0.2, -0.15) is 29.3 Å². The van der Waals surface area contributed by atoms with E-state index in [2.05, 4.69) is 37.1 Å². The van der Waals surface area contributed by atoms with Gasteiger partial charge in [-0.15, -0.1) is 34.0 Å². The van der Waals surface area contributed by atoms with Crippen LogP contribution in [0, 0.1) is 17.8 Å². The first-order valence-electron chi connectivity index (χ1n) is 20.0. The van der Waals surface area contributed by atoms with E-state index in [1.807, 2.05) is 88.4 Å². The molecule has 3 aromatic heterocycles. The summed E-state index contributed by atoms with van der Waals surface area (Å²) in [6, 6.07) is 23.5. The van der Waals surface area contributed by atoms with Crippen molar-refractivity contribution >= 4 is 101 Å². The molecule has 0 bridgehead atoms. The monoisotopic (exact) mass is 1110 g/mol. The number of carboxylic acid groups (broad SMARTS) is 1. The molecule has 5 aromatic rings. The van der Waals surface area contributed by atoms with Crippen LogP contribution in [0.5, 0.6) is 11.5 Å². The van der Waals surface area contributed by atoms with Crippen LogP contribution in [-0.2, 0) is 70.0 Å². The van der Waals surface area contributed by atoms with Gasteiger partial charge in [-0.3, -0.25) is 14.4 Å². The first-order chi connectivity index (χ1) is 31.8. The number of hydrogen-bond acceptors (Lipinski definition) is 19. The zero-order valence-electron chi connectivity index (χ0n) is 38.1. The number of nitrogens with one attached hydrogen (secondary N) is 3. The van der Waals surface area contributed by atoms with Crippen molar-refractivity contribution in [2.24, 2.45) is 17.8 Å². The van der Waals surface area contributed by atoms with Crippen molar-refractivity contribution in [3.63, 3.8) is 0 Å². The van der Waals surface area contributed by atoms with Crippen LogP contribution in [0.1, 0.15) is 41.5 Å². The largest absolute Gasteiger partial charge is 0.497 e. The van der Waals surface area contributed by atoms with E-state index in [1.165, 1.54) is 48.2 Å². The van der Waals surface area contributed by atoms with E-state index in [9.17, 15) is 27.0 Å². The summed E-state index contributed by atoms with van der Waals surface area (Å²) in [4.78, 5) is 36.1. The molecule has 3 heterocycles. The third-order valence-electron chi connectivity index (χ3n) is 8.88. The van der Waals surface area contributed by atoms with E-state index in [1.54, 1.807) is 52.3 Å². The van der Waals surface area contributed by atoms with Gasteiger partial charge in [0.25, 0.3) is 0 Å². The quantitative estimate of drug-likeness (QED) is 0.0377. The second-order valence-electron chi connectivity index (χ2n) is 14.6. The van der Waals surface area contributed by atoms with Crippen molar-refractivity contribution in [3.05, 3.63) is 88.7 Å². The van der Waals surface area contributed by atoms with Gasteiger partial charge < -0.3 is 24.1 Å². The smallest absolute Gasteiger partial charge is 0.325 e. The summed E-state index contributed by atoms with van der Waals surface area (Å²) in [6.07, 6.45) is 0. The molecule has 2 aromatic carbocycles. The number of esters is 2. The highest BCUT2D eigenvalue weighted by Gasteiger charge is 2.26. The maximum Gasteiger partial charge on any atom is 0.325 e. The van der Waals surface area contributed by atoms with Crippen LogP contribution in [0.3, 0.4) is 0 Å².